The number of hydrogen-bond acceptors (Lipinski definition) is 9. The van der Waals surface area contributed by atoms with Crippen molar-refractivity contribution in [3.05, 3.63) is 24.0 Å². The number of aromatic nitrogens is 5. The van der Waals surface area contributed by atoms with E-state index >= 15 is 0 Å². The number of nitrogens with two attached hydrogens (primary N) is 1. The minimum atomic E-state index is -4.42. The molecule has 0 saturated heterocycles. The van der Waals surface area contributed by atoms with Crippen molar-refractivity contribution in [1.29, 1.82) is 0 Å². The van der Waals surface area contributed by atoms with Crippen LogP contribution in [0.1, 0.15) is 25.8 Å². The van der Waals surface area contributed by atoms with Gasteiger partial charge in [-0.05, 0) is 13.0 Å². The van der Waals surface area contributed by atoms with Crippen molar-refractivity contribution in [2.24, 2.45) is 0 Å². The standard InChI is InChI=1S/C19H18F3N9O4/c1-8(32)27-28-17(34)18(2)12-13(23)24-14(25-15(12)26-16(18)33)10-7-11(9-3-6-35-30-9)31(29-10)5-4-19(20,21)22/h3,6-7H,4-5H2,1-2H3,(H,27,32)(H,28,34)(H3,23,24,25,26,33). The molecule has 13 nitrogen and oxygen atoms in total. The average Bonchev–Trinajstić information content (AvgIpc) is 3.48. The zero-order valence-electron chi connectivity index (χ0n) is 18.2. The number of nitrogens with one attached hydrogen (secondary N) is 3. The van der Waals surface area contributed by atoms with Crippen LogP contribution >= 0.6 is 0 Å². The van der Waals surface area contributed by atoms with Crippen LogP contribution in [0.15, 0.2) is 22.9 Å². The van der Waals surface area contributed by atoms with E-state index in [4.69, 9.17) is 10.3 Å². The van der Waals surface area contributed by atoms with Gasteiger partial charge in [-0.1, -0.05) is 5.16 Å². The summed E-state index contributed by atoms with van der Waals surface area (Å²) in [4.78, 5) is 44.8. The van der Waals surface area contributed by atoms with Crippen LogP contribution in [0.25, 0.3) is 22.9 Å². The van der Waals surface area contributed by atoms with Crippen molar-refractivity contribution < 1.29 is 32.1 Å². The Bertz CT molecular complexity index is 1320. The highest BCUT2D eigenvalue weighted by Crippen LogP contribution is 2.41. The van der Waals surface area contributed by atoms with Gasteiger partial charge in [-0.25, -0.2) is 9.97 Å². The Morgan fingerprint density at radius 1 is 1.26 bits per heavy atom. The molecule has 0 spiro atoms. The molecule has 0 fully saturated rings. The highest BCUT2D eigenvalue weighted by Gasteiger charge is 2.52. The van der Waals surface area contributed by atoms with Crippen LogP contribution in [0.5, 0.6) is 0 Å². The smallest absolute Gasteiger partial charge is 0.383 e. The maximum atomic E-state index is 12.8. The van der Waals surface area contributed by atoms with E-state index in [2.05, 4.69) is 36.4 Å². The first-order valence-corrected chi connectivity index (χ1v) is 10.0. The molecule has 0 aliphatic carbocycles. The largest absolute Gasteiger partial charge is 0.390 e. The molecule has 0 saturated carbocycles. The Balaban J connectivity index is 1.73. The summed E-state index contributed by atoms with van der Waals surface area (Å²) in [5, 5.41) is 10.3. The van der Waals surface area contributed by atoms with E-state index in [9.17, 15) is 27.6 Å². The van der Waals surface area contributed by atoms with Gasteiger partial charge < -0.3 is 15.6 Å². The van der Waals surface area contributed by atoms with Crippen LogP contribution < -0.4 is 21.9 Å². The number of anilines is 2. The normalized spacial score (nSPS) is 17.1. The van der Waals surface area contributed by atoms with Crippen molar-refractivity contribution in [3.63, 3.8) is 0 Å². The molecule has 35 heavy (non-hydrogen) atoms. The Morgan fingerprint density at radius 3 is 2.63 bits per heavy atom. The van der Waals surface area contributed by atoms with Gasteiger partial charge in [0.15, 0.2) is 11.2 Å². The van der Waals surface area contributed by atoms with E-state index in [1.54, 1.807) is 0 Å². The zero-order chi connectivity index (χ0) is 25.5. The summed E-state index contributed by atoms with van der Waals surface area (Å²) >= 11 is 0. The van der Waals surface area contributed by atoms with Gasteiger partial charge in [0.25, 0.3) is 5.91 Å². The lowest BCUT2D eigenvalue weighted by Gasteiger charge is -2.21. The summed E-state index contributed by atoms with van der Waals surface area (Å²) in [6.07, 6.45) is -4.32. The van der Waals surface area contributed by atoms with Crippen LogP contribution in [-0.2, 0) is 26.3 Å². The molecule has 4 rings (SSSR count). The molecule has 0 radical (unpaired) electrons. The number of carbonyl (C=O) groups is 3. The molecule has 3 aromatic heterocycles. The van der Waals surface area contributed by atoms with Crippen molar-refractivity contribution in [1.82, 2.24) is 35.8 Å². The highest BCUT2D eigenvalue weighted by molar-refractivity contribution is 6.21. The lowest BCUT2D eigenvalue weighted by Crippen LogP contribution is -2.52. The number of nitrogens with zero attached hydrogens (tertiary/aromatic N) is 5. The minimum Gasteiger partial charge on any atom is -0.383 e. The molecule has 3 amide bonds. The maximum Gasteiger partial charge on any atom is 0.390 e. The second-order valence-electron chi connectivity index (χ2n) is 7.76. The van der Waals surface area contributed by atoms with Gasteiger partial charge in [0.05, 0.1) is 24.2 Å². The summed E-state index contributed by atoms with van der Waals surface area (Å²) in [5.41, 5.74) is 8.90. The molecule has 0 aromatic carbocycles. The number of aryl methyl sites for hydroxylation is 1. The van der Waals surface area contributed by atoms with Crippen LogP contribution in [0, 0.1) is 0 Å². The van der Waals surface area contributed by atoms with Gasteiger partial charge in [-0.15, -0.1) is 0 Å². The Labute approximate surface area is 194 Å². The van der Waals surface area contributed by atoms with Gasteiger partial charge in [0, 0.05) is 13.0 Å². The summed E-state index contributed by atoms with van der Waals surface area (Å²) in [7, 11) is 0. The van der Waals surface area contributed by atoms with Crippen LogP contribution in [0.4, 0.5) is 24.8 Å². The number of hydrogen-bond donors (Lipinski definition) is 4. The molecule has 1 aliphatic rings. The number of halogens is 3. The molecule has 0 bridgehead atoms. The predicted molar refractivity (Wildman–Crippen MR) is 112 cm³/mol. The van der Waals surface area contributed by atoms with E-state index in [0.29, 0.717) is 0 Å². The zero-order valence-corrected chi connectivity index (χ0v) is 18.2. The predicted octanol–water partition coefficient (Wildman–Crippen LogP) is 0.907. The molecule has 1 atom stereocenters. The minimum absolute atomic E-state index is 0.0256. The van der Waals surface area contributed by atoms with E-state index in [1.165, 1.54) is 25.3 Å². The quantitative estimate of drug-likeness (QED) is 0.296. The molecule has 5 N–H and O–H groups in total. The monoisotopic (exact) mass is 493 g/mol. The van der Waals surface area contributed by atoms with Gasteiger partial charge in [0.2, 0.25) is 11.8 Å². The molecule has 4 heterocycles. The summed E-state index contributed by atoms with van der Waals surface area (Å²) in [6, 6.07) is 2.84. The molecule has 3 aromatic rings. The molecule has 1 unspecified atom stereocenters. The van der Waals surface area contributed by atoms with Crippen molar-refractivity contribution in [2.75, 3.05) is 11.1 Å². The topological polar surface area (TPSA) is 183 Å². The fourth-order valence-electron chi connectivity index (χ4n) is 3.49. The molecular weight excluding hydrogens is 475 g/mol. The van der Waals surface area contributed by atoms with Gasteiger partial charge >= 0.3 is 6.18 Å². The first-order chi connectivity index (χ1) is 16.4. The van der Waals surface area contributed by atoms with E-state index in [1.807, 2.05) is 0 Å². The first kappa shape index (κ1) is 23.7. The maximum absolute atomic E-state index is 12.8. The Kier molecular flexibility index (Phi) is 5.66. The third-order valence-corrected chi connectivity index (χ3v) is 5.25. The summed E-state index contributed by atoms with van der Waals surface area (Å²) in [5.74, 6) is -2.64. The molecule has 16 heteroatoms. The van der Waals surface area contributed by atoms with E-state index < -0.39 is 42.3 Å². The molecular formula is C19H18F3N9O4. The van der Waals surface area contributed by atoms with Crippen LogP contribution in [0.3, 0.4) is 0 Å². The van der Waals surface area contributed by atoms with E-state index in [-0.39, 0.29) is 40.1 Å². The number of hydrazine groups is 1. The average molecular weight is 493 g/mol. The van der Waals surface area contributed by atoms with Crippen molar-refractivity contribution >= 4 is 29.4 Å². The second-order valence-corrected chi connectivity index (χ2v) is 7.76. The third kappa shape index (κ3) is 4.36. The molecule has 1 aliphatic heterocycles. The fraction of sp³-hybridized carbons (Fsp3) is 0.316. The molecule has 184 valence electrons. The van der Waals surface area contributed by atoms with Gasteiger partial charge in [-0.2, -0.15) is 18.3 Å². The number of carbonyl (C=O) groups excluding carboxylic acids is 3. The number of amides is 3. The Morgan fingerprint density at radius 2 is 2.00 bits per heavy atom. The number of fused-ring (bicyclic) bond motifs is 1. The third-order valence-electron chi connectivity index (χ3n) is 5.25. The lowest BCUT2D eigenvalue weighted by atomic mass is 9.83. The fourth-order valence-corrected chi connectivity index (χ4v) is 3.49. The summed E-state index contributed by atoms with van der Waals surface area (Å²) < 4.78 is 44.3. The second kappa shape index (κ2) is 8.37. The van der Waals surface area contributed by atoms with Gasteiger partial charge in [-0.3, -0.25) is 29.9 Å². The first-order valence-electron chi connectivity index (χ1n) is 10.0. The lowest BCUT2D eigenvalue weighted by molar-refractivity contribution is -0.137. The van der Waals surface area contributed by atoms with Crippen LogP contribution in [0.2, 0.25) is 0 Å². The van der Waals surface area contributed by atoms with E-state index in [0.717, 1.165) is 11.6 Å². The number of nitrogen functional groups attached to an aromatic ring is 1. The van der Waals surface area contributed by atoms with Crippen molar-refractivity contribution in [2.45, 2.75) is 38.4 Å². The van der Waals surface area contributed by atoms with Crippen LogP contribution in [-0.4, -0.2) is 48.8 Å². The number of alkyl halides is 3. The van der Waals surface area contributed by atoms with Crippen molar-refractivity contribution in [3.8, 4) is 22.9 Å². The summed E-state index contributed by atoms with van der Waals surface area (Å²) in [6.45, 7) is 1.93. The Hall–Kier alpha value is -4.50. The highest BCUT2D eigenvalue weighted by atomic mass is 19.4. The SMILES string of the molecule is CC(=O)NNC(=O)C1(C)C(=O)Nc2nc(-c3cc(-c4ccon4)n(CCC(F)(F)F)n3)nc(N)c21. The number of rotatable bonds is 5. The van der Waals surface area contributed by atoms with Gasteiger partial charge in [0.1, 0.15) is 29.3 Å².